The molecule has 2 aromatic carbocycles. The third kappa shape index (κ3) is 6.02. The van der Waals surface area contributed by atoms with E-state index in [2.05, 4.69) is 15.0 Å². The molecule has 2 amide bonds. The Morgan fingerprint density at radius 3 is 2.58 bits per heavy atom. The quantitative estimate of drug-likeness (QED) is 0.485. The van der Waals surface area contributed by atoms with E-state index in [1.54, 1.807) is 36.5 Å². The van der Waals surface area contributed by atoms with Crippen molar-refractivity contribution in [3.63, 3.8) is 0 Å². The van der Waals surface area contributed by atoms with Gasteiger partial charge in [-0.25, -0.2) is 17.9 Å². The first-order chi connectivity index (χ1) is 19.2. The minimum Gasteiger partial charge on any atom is -0.496 e. The van der Waals surface area contributed by atoms with Gasteiger partial charge in [0.2, 0.25) is 0 Å². The maximum atomic E-state index is 12.8. The summed E-state index contributed by atoms with van der Waals surface area (Å²) in [6.45, 7) is 1.90. The fourth-order valence-electron chi connectivity index (χ4n) is 5.05. The fourth-order valence-corrected chi connectivity index (χ4v) is 6.05. The predicted molar refractivity (Wildman–Crippen MR) is 151 cm³/mol. The van der Waals surface area contributed by atoms with Crippen molar-refractivity contribution in [1.29, 1.82) is 0 Å². The first-order valence-electron chi connectivity index (χ1n) is 13.1. The molecule has 2 aromatic rings. The van der Waals surface area contributed by atoms with Crippen LogP contribution in [0.2, 0.25) is 0 Å². The van der Waals surface area contributed by atoms with Gasteiger partial charge in [0, 0.05) is 23.8 Å². The van der Waals surface area contributed by atoms with E-state index in [0.717, 1.165) is 48.1 Å². The lowest BCUT2D eigenvalue weighted by atomic mass is 9.86. The summed E-state index contributed by atoms with van der Waals surface area (Å²) < 4.78 is 38.4. The maximum Gasteiger partial charge on any atom is 0.408 e. The monoisotopic (exact) mass is 561 g/mol. The van der Waals surface area contributed by atoms with Gasteiger partial charge in [0.25, 0.3) is 15.9 Å². The normalized spacial score (nSPS) is 20.2. The highest BCUT2D eigenvalue weighted by Gasteiger charge is 2.31. The Bertz CT molecular complexity index is 1550. The minimum absolute atomic E-state index is 0.000921. The molecule has 3 aliphatic rings. The van der Waals surface area contributed by atoms with Crippen molar-refractivity contribution in [2.75, 3.05) is 7.11 Å². The summed E-state index contributed by atoms with van der Waals surface area (Å²) in [7, 11) is -2.52. The molecule has 40 heavy (non-hydrogen) atoms. The van der Waals surface area contributed by atoms with Crippen LogP contribution in [0.3, 0.4) is 0 Å². The fraction of sp³-hybridized carbons (Fsp3) is 0.300. The molecule has 1 unspecified atom stereocenters. The molecular formula is C30H31N3O6S. The number of sulfonamides is 1. The number of hydrogen-bond acceptors (Lipinski definition) is 7. The Kier molecular flexibility index (Phi) is 7.62. The van der Waals surface area contributed by atoms with Crippen molar-refractivity contribution in [1.82, 2.24) is 10.0 Å². The molecule has 2 N–H and O–H groups in total. The van der Waals surface area contributed by atoms with Crippen molar-refractivity contribution < 1.29 is 27.5 Å². The predicted octanol–water partition coefficient (Wildman–Crippen LogP) is 4.62. The smallest absolute Gasteiger partial charge is 0.408 e. The van der Waals surface area contributed by atoms with Crippen LogP contribution in [0.5, 0.6) is 5.75 Å². The largest absolute Gasteiger partial charge is 0.496 e. The van der Waals surface area contributed by atoms with Crippen LogP contribution in [-0.2, 0) is 21.2 Å². The van der Waals surface area contributed by atoms with Crippen LogP contribution in [0.4, 0.5) is 4.79 Å². The van der Waals surface area contributed by atoms with Gasteiger partial charge in [-0.2, -0.15) is 0 Å². The number of ether oxygens (including phenoxy) is 2. The summed E-state index contributed by atoms with van der Waals surface area (Å²) >= 11 is 0. The highest BCUT2D eigenvalue weighted by molar-refractivity contribution is 7.90. The zero-order valence-electron chi connectivity index (χ0n) is 22.3. The zero-order chi connectivity index (χ0) is 28.3. The van der Waals surface area contributed by atoms with Gasteiger partial charge in [-0.1, -0.05) is 30.3 Å². The van der Waals surface area contributed by atoms with E-state index in [1.807, 2.05) is 25.2 Å². The zero-order valence-corrected chi connectivity index (χ0v) is 23.2. The number of nitrogens with zero attached hydrogens (tertiary/aromatic N) is 1. The van der Waals surface area contributed by atoms with E-state index < -0.39 is 27.6 Å². The van der Waals surface area contributed by atoms with Crippen LogP contribution in [0.25, 0.3) is 0 Å². The van der Waals surface area contributed by atoms with Gasteiger partial charge >= 0.3 is 6.09 Å². The molecule has 1 aliphatic heterocycles. The molecule has 1 heterocycles. The third-order valence-electron chi connectivity index (χ3n) is 7.17. The summed E-state index contributed by atoms with van der Waals surface area (Å²) in [5, 5.41) is 2.97. The second-order valence-electron chi connectivity index (χ2n) is 10.2. The van der Waals surface area contributed by atoms with Gasteiger partial charge in [-0.15, -0.1) is 0 Å². The van der Waals surface area contributed by atoms with E-state index in [0.29, 0.717) is 12.2 Å². The number of carbonyl (C=O) groups is 2. The molecule has 5 rings (SSSR count). The van der Waals surface area contributed by atoms with Crippen LogP contribution in [0, 0.1) is 0 Å². The Labute approximate surface area is 233 Å². The second-order valence-corrected chi connectivity index (χ2v) is 11.9. The lowest BCUT2D eigenvalue weighted by molar-refractivity contribution is 0.0966. The molecule has 0 saturated heterocycles. The number of carbonyl (C=O) groups excluding carboxylic acids is 2. The van der Waals surface area contributed by atoms with Gasteiger partial charge in [0.1, 0.15) is 11.9 Å². The first kappa shape index (κ1) is 27.4. The lowest BCUT2D eigenvalue weighted by Crippen LogP contribution is -2.45. The summed E-state index contributed by atoms with van der Waals surface area (Å²) in [4.78, 5) is 29.8. The molecule has 0 aromatic heterocycles. The molecule has 0 spiro atoms. The van der Waals surface area contributed by atoms with Gasteiger partial charge in [-0.05, 0) is 80.2 Å². The molecule has 1 atom stereocenters. The first-order valence-corrected chi connectivity index (χ1v) is 14.6. The number of methoxy groups -OCH3 is 1. The van der Waals surface area contributed by atoms with E-state index in [-0.39, 0.29) is 16.6 Å². The van der Waals surface area contributed by atoms with Crippen LogP contribution in [0.15, 0.2) is 94.0 Å². The van der Waals surface area contributed by atoms with Crippen LogP contribution >= 0.6 is 0 Å². The molecule has 1 saturated carbocycles. The number of benzene rings is 2. The van der Waals surface area contributed by atoms with Crippen molar-refractivity contribution in [2.45, 2.75) is 55.6 Å². The number of alkyl carbamates (subject to hydrolysis) is 1. The Morgan fingerprint density at radius 1 is 1.10 bits per heavy atom. The lowest BCUT2D eigenvalue weighted by Gasteiger charge is -2.28. The van der Waals surface area contributed by atoms with Crippen LogP contribution < -0.4 is 14.8 Å². The van der Waals surface area contributed by atoms with Gasteiger partial charge < -0.3 is 14.8 Å². The van der Waals surface area contributed by atoms with Gasteiger partial charge in [0.15, 0.2) is 0 Å². The number of aliphatic imine (C=N–C) groups is 1. The summed E-state index contributed by atoms with van der Waals surface area (Å²) in [6.07, 6.45) is 11.4. The third-order valence-corrected chi connectivity index (χ3v) is 8.52. The number of fused-ring (bicyclic) bond motifs is 1. The van der Waals surface area contributed by atoms with E-state index in [1.165, 1.54) is 25.3 Å². The molecule has 10 heteroatoms. The molecule has 9 nitrogen and oxygen atoms in total. The number of rotatable bonds is 8. The Hall–Kier alpha value is -4.18. The second kappa shape index (κ2) is 11.1. The topological polar surface area (TPSA) is 123 Å². The number of allylic oxidation sites excluding steroid dienone is 3. The van der Waals surface area contributed by atoms with E-state index in [9.17, 15) is 18.0 Å². The van der Waals surface area contributed by atoms with Crippen molar-refractivity contribution in [3.05, 3.63) is 95.2 Å². The average molecular weight is 562 g/mol. The summed E-state index contributed by atoms with van der Waals surface area (Å²) in [5.74, 6) is -0.321. The number of hydrogen-bond donors (Lipinski definition) is 2. The highest BCUT2D eigenvalue weighted by atomic mass is 32.2. The SMILES string of the molecule is COc1cc(C(=O)NS(=O)(=O)c2ccccc2)ccc1CC1=CN=C2C=CC(C)(NC(=O)OC3CCCC3)C=C12. The summed E-state index contributed by atoms with van der Waals surface area (Å²) in [5.41, 5.74) is 2.79. The molecule has 0 bridgehead atoms. The van der Waals surface area contributed by atoms with Crippen LogP contribution in [-0.4, -0.2) is 44.9 Å². The minimum atomic E-state index is -4.01. The van der Waals surface area contributed by atoms with Crippen molar-refractivity contribution >= 4 is 27.7 Å². The molecule has 2 aliphatic carbocycles. The Morgan fingerprint density at radius 2 is 1.85 bits per heavy atom. The number of nitrogens with one attached hydrogen (secondary N) is 2. The average Bonchev–Trinajstić information content (AvgIpc) is 3.58. The molecule has 208 valence electrons. The highest BCUT2D eigenvalue weighted by Crippen LogP contribution is 2.33. The maximum absolute atomic E-state index is 12.8. The van der Waals surface area contributed by atoms with Crippen molar-refractivity contribution in [3.8, 4) is 5.75 Å². The van der Waals surface area contributed by atoms with Crippen molar-refractivity contribution in [2.24, 2.45) is 4.99 Å². The number of amides is 2. The molecule has 1 fully saturated rings. The van der Waals surface area contributed by atoms with E-state index >= 15 is 0 Å². The Balaban J connectivity index is 1.29. The van der Waals surface area contributed by atoms with E-state index in [4.69, 9.17) is 9.47 Å². The molecular weight excluding hydrogens is 530 g/mol. The van der Waals surface area contributed by atoms with Gasteiger partial charge in [-0.3, -0.25) is 9.79 Å². The van der Waals surface area contributed by atoms with Gasteiger partial charge in [0.05, 0.1) is 23.3 Å². The van der Waals surface area contributed by atoms with Crippen LogP contribution in [0.1, 0.15) is 48.5 Å². The standard InChI is InChI=1S/C30H31N3O6S/c1-30(32-29(35)39-23-8-6-7-9-23)15-14-26-25(18-30)22(19-31-26)16-20-12-13-21(17-27(20)38-2)28(34)33-40(36,37)24-10-4-3-5-11-24/h3-5,10-15,17-19,23H,6-9,16H2,1-2H3,(H,32,35)(H,33,34). The molecule has 0 radical (unpaired) electrons. The summed E-state index contributed by atoms with van der Waals surface area (Å²) in [6, 6.07) is 12.5.